The highest BCUT2D eigenvalue weighted by Crippen LogP contribution is 2.58. The number of anilines is 2. The Balaban J connectivity index is 1.23. The van der Waals surface area contributed by atoms with Crippen molar-refractivity contribution in [2.45, 2.75) is 141 Å². The summed E-state index contributed by atoms with van der Waals surface area (Å²) in [5.74, 6) is 0.503. The van der Waals surface area contributed by atoms with Crippen molar-refractivity contribution in [1.82, 2.24) is 19.8 Å². The number of aliphatic hydroxyl groups excluding tert-OH is 1. The van der Waals surface area contributed by atoms with Gasteiger partial charge in [-0.05, 0) is 99.8 Å². The van der Waals surface area contributed by atoms with E-state index in [0.29, 0.717) is 88.4 Å². The number of carbonyl (C=O) groups excluding carboxylic acids is 2. The van der Waals surface area contributed by atoms with Crippen molar-refractivity contribution in [1.29, 1.82) is 5.41 Å². The molecule has 298 valence electrons. The van der Waals surface area contributed by atoms with Crippen molar-refractivity contribution in [3.05, 3.63) is 23.1 Å². The van der Waals surface area contributed by atoms with E-state index < -0.39 is 22.4 Å². The number of aliphatic hydroxyl groups is 1. The highest BCUT2D eigenvalue weighted by Gasteiger charge is 2.61. The highest BCUT2D eigenvalue weighted by molar-refractivity contribution is 6.10. The topological polar surface area (TPSA) is 154 Å². The van der Waals surface area contributed by atoms with Crippen LogP contribution in [0.5, 0.6) is 0 Å². The third-order valence-electron chi connectivity index (χ3n) is 12.0. The molecule has 14 heteroatoms. The van der Waals surface area contributed by atoms with E-state index in [-0.39, 0.29) is 35.2 Å². The molecule has 3 spiro atoms. The van der Waals surface area contributed by atoms with Gasteiger partial charge in [-0.25, -0.2) is 14.6 Å². The summed E-state index contributed by atoms with van der Waals surface area (Å²) in [6.07, 6.45) is 7.34. The van der Waals surface area contributed by atoms with Gasteiger partial charge < -0.3 is 38.8 Å². The van der Waals surface area contributed by atoms with E-state index in [1.807, 2.05) is 52.5 Å². The molecule has 54 heavy (non-hydrogen) atoms. The Hall–Kier alpha value is -3.65. The SMILES string of the molecule is C[C@H]1CN(C(=O)OC(C)(C)C)CCCN1c1nc(C(=N)C2=C(O)[C@]3(CCCCC34OCCO4)CCC2)cc(N2CCN(C(=O)OC(C)(C)C)C3(CC3)C2)n1. The summed E-state index contributed by atoms with van der Waals surface area (Å²) in [4.78, 5) is 44.7. The zero-order chi connectivity index (χ0) is 38.7. The monoisotopic (exact) mass is 751 g/mol. The molecule has 0 unspecified atom stereocenters. The minimum atomic E-state index is -0.864. The van der Waals surface area contributed by atoms with Gasteiger partial charge in [0.05, 0.1) is 35.6 Å². The van der Waals surface area contributed by atoms with E-state index >= 15 is 0 Å². The molecule has 2 saturated carbocycles. The number of allylic oxidation sites excluding steroid dienone is 1. The fourth-order valence-electron chi connectivity index (χ4n) is 9.33. The van der Waals surface area contributed by atoms with Crippen molar-refractivity contribution in [2.75, 3.05) is 62.3 Å². The molecule has 0 bridgehead atoms. The van der Waals surface area contributed by atoms with Gasteiger partial charge in [0.25, 0.3) is 0 Å². The van der Waals surface area contributed by atoms with Crippen LogP contribution < -0.4 is 9.80 Å². The minimum absolute atomic E-state index is 0.138. The summed E-state index contributed by atoms with van der Waals surface area (Å²) < 4.78 is 24.2. The summed E-state index contributed by atoms with van der Waals surface area (Å²) in [5.41, 5.74) is -1.01. The zero-order valence-corrected chi connectivity index (χ0v) is 33.5. The van der Waals surface area contributed by atoms with Crippen molar-refractivity contribution < 1.29 is 33.6 Å². The summed E-state index contributed by atoms with van der Waals surface area (Å²) in [5, 5.41) is 21.9. The molecule has 4 heterocycles. The number of rotatable bonds is 4. The lowest BCUT2D eigenvalue weighted by Gasteiger charge is -2.51. The molecule has 6 aliphatic rings. The molecule has 1 aromatic heterocycles. The molecule has 3 aliphatic carbocycles. The van der Waals surface area contributed by atoms with Gasteiger partial charge in [-0.1, -0.05) is 6.42 Å². The summed E-state index contributed by atoms with van der Waals surface area (Å²) in [6.45, 7) is 17.6. The molecule has 3 saturated heterocycles. The standard InChI is InChI=1S/C40H61N7O7/c1-27-25-44(34(49)53-36(2,3)4)18-11-19-46(27)33-42-29(24-30(43-33)45-20-21-47(38(26-45)16-17-38)35(50)54-37(5,6)7)31(41)28-12-10-14-39(32(28)48)13-8-9-15-40(39)51-22-23-52-40/h24,27,41,48H,8-23,25-26H2,1-7H3/t27-,39-/m0/s1. The predicted octanol–water partition coefficient (Wildman–Crippen LogP) is 6.57. The molecular formula is C40H61N7O7. The molecule has 5 fully saturated rings. The number of amides is 2. The summed E-state index contributed by atoms with van der Waals surface area (Å²) in [6, 6.07) is 1.74. The normalized spacial score (nSPS) is 27.1. The van der Waals surface area contributed by atoms with Crippen LogP contribution >= 0.6 is 0 Å². The van der Waals surface area contributed by atoms with Gasteiger partial charge in [0.1, 0.15) is 22.8 Å². The second-order valence-electron chi connectivity index (χ2n) is 18.3. The average Bonchev–Trinajstić information content (AvgIpc) is 3.75. The number of nitrogens with zero attached hydrogens (tertiary/aromatic N) is 6. The number of piperazine rings is 1. The number of carbonyl (C=O) groups is 2. The lowest BCUT2D eigenvalue weighted by Crippen LogP contribution is -2.58. The van der Waals surface area contributed by atoms with E-state index in [1.54, 1.807) is 4.90 Å². The minimum Gasteiger partial charge on any atom is -0.511 e. The van der Waals surface area contributed by atoms with Crippen LogP contribution in [-0.4, -0.2) is 124 Å². The van der Waals surface area contributed by atoms with Gasteiger partial charge in [0.15, 0.2) is 5.79 Å². The Bertz CT molecular complexity index is 1660. The quantitative estimate of drug-likeness (QED) is 0.321. The molecule has 2 N–H and O–H groups in total. The molecule has 2 amide bonds. The first-order chi connectivity index (χ1) is 25.4. The fourth-order valence-corrected chi connectivity index (χ4v) is 9.33. The maximum atomic E-state index is 13.3. The maximum absolute atomic E-state index is 13.3. The molecule has 7 rings (SSSR count). The summed E-state index contributed by atoms with van der Waals surface area (Å²) in [7, 11) is 0. The van der Waals surface area contributed by atoms with Crippen LogP contribution in [0, 0.1) is 10.8 Å². The van der Waals surface area contributed by atoms with Crippen LogP contribution in [-0.2, 0) is 18.9 Å². The number of hydrogen-bond donors (Lipinski definition) is 2. The fraction of sp³-hybridized carbons (Fsp3) is 0.775. The number of aromatic nitrogens is 2. The van der Waals surface area contributed by atoms with Gasteiger partial charge in [-0.3, -0.25) is 10.3 Å². The molecule has 1 aromatic rings. The second-order valence-corrected chi connectivity index (χ2v) is 18.3. The summed E-state index contributed by atoms with van der Waals surface area (Å²) >= 11 is 0. The molecular weight excluding hydrogens is 690 g/mol. The Labute approximate surface area is 320 Å². The van der Waals surface area contributed by atoms with E-state index in [0.717, 1.165) is 51.4 Å². The van der Waals surface area contributed by atoms with Crippen LogP contribution in [0.15, 0.2) is 17.4 Å². The van der Waals surface area contributed by atoms with Crippen molar-refractivity contribution >= 4 is 29.7 Å². The van der Waals surface area contributed by atoms with Gasteiger partial charge in [0.2, 0.25) is 5.95 Å². The van der Waals surface area contributed by atoms with Crippen LogP contribution in [0.2, 0.25) is 0 Å². The first kappa shape index (κ1) is 38.6. The first-order valence-electron chi connectivity index (χ1n) is 20.1. The molecule has 3 aliphatic heterocycles. The molecule has 0 aromatic carbocycles. The van der Waals surface area contributed by atoms with E-state index in [1.165, 1.54) is 0 Å². The van der Waals surface area contributed by atoms with Gasteiger partial charge in [0, 0.05) is 63.4 Å². The van der Waals surface area contributed by atoms with Crippen LogP contribution in [0.4, 0.5) is 21.4 Å². The highest BCUT2D eigenvalue weighted by atomic mass is 16.7. The van der Waals surface area contributed by atoms with Crippen molar-refractivity contribution in [3.8, 4) is 0 Å². The average molecular weight is 752 g/mol. The molecule has 14 nitrogen and oxygen atoms in total. The van der Waals surface area contributed by atoms with Crippen LogP contribution in [0.3, 0.4) is 0 Å². The Morgan fingerprint density at radius 1 is 0.870 bits per heavy atom. The van der Waals surface area contributed by atoms with Crippen molar-refractivity contribution in [3.63, 3.8) is 0 Å². The number of nitrogens with one attached hydrogen (secondary N) is 1. The van der Waals surface area contributed by atoms with E-state index in [2.05, 4.69) is 16.7 Å². The van der Waals surface area contributed by atoms with Gasteiger partial charge >= 0.3 is 12.2 Å². The molecule has 0 radical (unpaired) electrons. The Kier molecular flexibility index (Phi) is 10.1. The lowest BCUT2D eigenvalue weighted by molar-refractivity contribution is -0.255. The maximum Gasteiger partial charge on any atom is 0.410 e. The van der Waals surface area contributed by atoms with E-state index in [4.69, 9.17) is 28.9 Å². The van der Waals surface area contributed by atoms with Gasteiger partial charge in [-0.2, -0.15) is 4.98 Å². The van der Waals surface area contributed by atoms with Crippen LogP contribution in [0.25, 0.3) is 0 Å². The Morgan fingerprint density at radius 3 is 2.22 bits per heavy atom. The molecule has 2 atom stereocenters. The van der Waals surface area contributed by atoms with Crippen molar-refractivity contribution in [2.24, 2.45) is 5.41 Å². The number of hydrogen-bond acceptors (Lipinski definition) is 12. The largest absolute Gasteiger partial charge is 0.511 e. The number of ether oxygens (including phenoxy) is 4. The van der Waals surface area contributed by atoms with Crippen LogP contribution in [0.1, 0.15) is 118 Å². The third kappa shape index (κ3) is 7.36. The second kappa shape index (κ2) is 14.1. The smallest absolute Gasteiger partial charge is 0.410 e. The van der Waals surface area contributed by atoms with E-state index in [9.17, 15) is 20.1 Å². The number of fused-ring (bicyclic) bond motifs is 1. The predicted molar refractivity (Wildman–Crippen MR) is 204 cm³/mol. The van der Waals surface area contributed by atoms with Gasteiger partial charge in [-0.15, -0.1) is 0 Å². The Morgan fingerprint density at radius 2 is 1.54 bits per heavy atom. The first-order valence-corrected chi connectivity index (χ1v) is 20.1. The lowest BCUT2D eigenvalue weighted by atomic mass is 9.61. The third-order valence-corrected chi connectivity index (χ3v) is 12.0. The zero-order valence-electron chi connectivity index (χ0n) is 33.5.